The van der Waals surface area contributed by atoms with Crippen molar-refractivity contribution in [2.75, 3.05) is 13.1 Å². The normalized spacial score (nSPS) is 12.0. The monoisotopic (exact) mass is 520 g/mol. The maximum Gasteiger partial charge on any atom is 0.410 e. The zero-order chi connectivity index (χ0) is 23.4. The number of benzene rings is 1. The minimum atomic E-state index is -3.80. The molecule has 0 fully saturated rings. The number of nitrogens with zero attached hydrogens (tertiary/aromatic N) is 3. The Kier molecular flexibility index (Phi) is 7.47. The topological polar surface area (TPSA) is 101 Å². The minimum Gasteiger partial charge on any atom is -0.444 e. The van der Waals surface area contributed by atoms with Crippen LogP contribution < -0.4 is 4.72 Å². The van der Waals surface area contributed by atoms with E-state index in [-0.39, 0.29) is 24.5 Å². The Morgan fingerprint density at radius 2 is 1.94 bits per heavy atom. The molecule has 0 aliphatic carbocycles. The van der Waals surface area contributed by atoms with Crippen LogP contribution in [-0.2, 0) is 21.3 Å². The molecule has 1 N–H and O–H groups in total. The Morgan fingerprint density at radius 1 is 1.16 bits per heavy atom. The largest absolute Gasteiger partial charge is 0.444 e. The maximum absolute atomic E-state index is 12.9. The zero-order valence-electron chi connectivity index (χ0n) is 18.1. The molecule has 3 rings (SSSR count). The molecule has 170 valence electrons. The molecular weight excluding hydrogens is 496 g/mol. The fraction of sp³-hybridized carbons (Fsp3) is 0.318. The number of amides is 1. The number of halogens is 1. The summed E-state index contributed by atoms with van der Waals surface area (Å²) in [4.78, 5) is 22.5. The summed E-state index contributed by atoms with van der Waals surface area (Å²) in [5.41, 5.74) is 0.118. The third-order valence-corrected chi connectivity index (χ3v) is 6.41. The average molecular weight is 521 g/mol. The van der Waals surface area contributed by atoms with Crippen LogP contribution in [0.15, 0.2) is 64.5 Å². The van der Waals surface area contributed by atoms with E-state index < -0.39 is 21.7 Å². The van der Waals surface area contributed by atoms with Gasteiger partial charge in [-0.1, -0.05) is 18.2 Å². The van der Waals surface area contributed by atoms with Crippen molar-refractivity contribution in [2.24, 2.45) is 0 Å². The van der Waals surface area contributed by atoms with Gasteiger partial charge in [-0.3, -0.25) is 4.98 Å². The molecule has 2 heterocycles. The van der Waals surface area contributed by atoms with Gasteiger partial charge in [0.2, 0.25) is 10.0 Å². The summed E-state index contributed by atoms with van der Waals surface area (Å²) < 4.78 is 34.6. The first-order valence-electron chi connectivity index (χ1n) is 9.96. The molecule has 0 aliphatic rings. The SMILES string of the molecule is CC(C)(C)OC(=O)N(CCNS(=O)(=O)c1cccc2cnccc12)Cc1ccc(Br)nc1. The number of sulfonamides is 1. The second-order valence-electron chi connectivity index (χ2n) is 8.14. The molecule has 3 aromatic rings. The van der Waals surface area contributed by atoms with Crippen LogP contribution in [-0.4, -0.2) is 48.1 Å². The van der Waals surface area contributed by atoms with Gasteiger partial charge in [-0.25, -0.2) is 22.9 Å². The van der Waals surface area contributed by atoms with Gasteiger partial charge in [-0.15, -0.1) is 0 Å². The summed E-state index contributed by atoms with van der Waals surface area (Å²) in [6.45, 7) is 5.72. The lowest BCUT2D eigenvalue weighted by Gasteiger charge is -2.27. The zero-order valence-corrected chi connectivity index (χ0v) is 20.5. The molecule has 2 aromatic heterocycles. The summed E-state index contributed by atoms with van der Waals surface area (Å²) >= 11 is 3.29. The summed E-state index contributed by atoms with van der Waals surface area (Å²) in [5, 5.41) is 1.31. The minimum absolute atomic E-state index is 0.0208. The lowest BCUT2D eigenvalue weighted by molar-refractivity contribution is 0.0237. The highest BCUT2D eigenvalue weighted by Gasteiger charge is 2.23. The van der Waals surface area contributed by atoms with E-state index in [0.29, 0.717) is 9.99 Å². The van der Waals surface area contributed by atoms with Gasteiger partial charge in [0.05, 0.1) is 11.4 Å². The molecule has 0 atom stereocenters. The molecule has 0 aliphatic heterocycles. The Morgan fingerprint density at radius 3 is 2.62 bits per heavy atom. The fourth-order valence-electron chi connectivity index (χ4n) is 3.00. The molecule has 32 heavy (non-hydrogen) atoms. The van der Waals surface area contributed by atoms with Crippen molar-refractivity contribution in [3.8, 4) is 0 Å². The number of nitrogens with one attached hydrogen (secondary N) is 1. The highest BCUT2D eigenvalue weighted by atomic mass is 79.9. The number of aromatic nitrogens is 2. The van der Waals surface area contributed by atoms with Crippen LogP contribution in [0.2, 0.25) is 0 Å². The number of hydrogen-bond acceptors (Lipinski definition) is 6. The van der Waals surface area contributed by atoms with E-state index >= 15 is 0 Å². The van der Waals surface area contributed by atoms with Crippen molar-refractivity contribution in [3.05, 3.63) is 65.2 Å². The van der Waals surface area contributed by atoms with Gasteiger partial charge in [-0.05, 0) is 60.5 Å². The molecule has 0 saturated heterocycles. The van der Waals surface area contributed by atoms with E-state index in [0.717, 1.165) is 10.9 Å². The van der Waals surface area contributed by atoms with E-state index in [1.165, 1.54) is 4.90 Å². The van der Waals surface area contributed by atoms with E-state index in [2.05, 4.69) is 30.6 Å². The van der Waals surface area contributed by atoms with Gasteiger partial charge < -0.3 is 9.64 Å². The Labute approximate surface area is 196 Å². The molecule has 1 aromatic carbocycles. The van der Waals surface area contributed by atoms with Crippen LogP contribution in [0.25, 0.3) is 10.8 Å². The van der Waals surface area contributed by atoms with Crippen molar-refractivity contribution in [1.29, 1.82) is 0 Å². The second kappa shape index (κ2) is 9.93. The van der Waals surface area contributed by atoms with Crippen molar-refractivity contribution >= 4 is 42.8 Å². The van der Waals surface area contributed by atoms with Gasteiger partial charge in [0.15, 0.2) is 0 Å². The second-order valence-corrected chi connectivity index (χ2v) is 10.7. The fourth-order valence-corrected chi connectivity index (χ4v) is 4.48. The molecule has 1 amide bonds. The summed E-state index contributed by atoms with van der Waals surface area (Å²) in [6.07, 6.45) is 4.29. The third-order valence-electron chi connectivity index (χ3n) is 4.42. The first kappa shape index (κ1) is 24.1. The van der Waals surface area contributed by atoms with E-state index in [1.807, 2.05) is 6.07 Å². The summed E-state index contributed by atoms with van der Waals surface area (Å²) in [5.74, 6) is 0. The number of carbonyl (C=O) groups excluding carboxylic acids is 1. The average Bonchev–Trinajstić information content (AvgIpc) is 2.72. The summed E-state index contributed by atoms with van der Waals surface area (Å²) in [6, 6.07) is 10.3. The number of pyridine rings is 2. The molecule has 0 spiro atoms. The Balaban J connectivity index is 1.74. The van der Waals surface area contributed by atoms with Crippen LogP contribution in [0, 0.1) is 0 Å². The van der Waals surface area contributed by atoms with Crippen molar-refractivity contribution in [2.45, 2.75) is 37.8 Å². The highest BCUT2D eigenvalue weighted by molar-refractivity contribution is 9.10. The van der Waals surface area contributed by atoms with E-state index in [9.17, 15) is 13.2 Å². The number of rotatable bonds is 7. The standard InChI is InChI=1S/C22H25BrN4O4S/c1-22(2,3)31-21(28)27(15-16-7-8-20(23)25-13-16)12-11-26-32(29,30)19-6-4-5-17-14-24-10-9-18(17)19/h4-10,13-14,26H,11-12,15H2,1-3H3. The van der Waals surface area contributed by atoms with Crippen molar-refractivity contribution in [3.63, 3.8) is 0 Å². The predicted molar refractivity (Wildman–Crippen MR) is 126 cm³/mol. The van der Waals surface area contributed by atoms with Gasteiger partial charge in [0, 0.05) is 42.5 Å². The van der Waals surface area contributed by atoms with Gasteiger partial charge in [0.25, 0.3) is 0 Å². The lowest BCUT2D eigenvalue weighted by Crippen LogP contribution is -2.41. The lowest BCUT2D eigenvalue weighted by atomic mass is 10.2. The van der Waals surface area contributed by atoms with Crippen LogP contribution in [0.4, 0.5) is 4.79 Å². The first-order chi connectivity index (χ1) is 15.0. The van der Waals surface area contributed by atoms with Crippen LogP contribution in [0.5, 0.6) is 0 Å². The maximum atomic E-state index is 12.9. The summed E-state index contributed by atoms with van der Waals surface area (Å²) in [7, 11) is -3.80. The predicted octanol–water partition coefficient (Wildman–Crippen LogP) is 4.11. The molecule has 0 bridgehead atoms. The molecular formula is C22H25BrN4O4S. The van der Waals surface area contributed by atoms with Crippen LogP contribution >= 0.6 is 15.9 Å². The van der Waals surface area contributed by atoms with Gasteiger partial charge in [-0.2, -0.15) is 0 Å². The smallest absolute Gasteiger partial charge is 0.410 e. The number of hydrogen-bond donors (Lipinski definition) is 1. The number of ether oxygens (including phenoxy) is 1. The van der Waals surface area contributed by atoms with Gasteiger partial charge in [0.1, 0.15) is 10.2 Å². The third kappa shape index (κ3) is 6.47. The van der Waals surface area contributed by atoms with Gasteiger partial charge >= 0.3 is 6.09 Å². The highest BCUT2D eigenvalue weighted by Crippen LogP contribution is 2.22. The van der Waals surface area contributed by atoms with Crippen molar-refractivity contribution < 1.29 is 17.9 Å². The molecule has 10 heteroatoms. The number of carbonyl (C=O) groups is 1. The van der Waals surface area contributed by atoms with Crippen LogP contribution in [0.1, 0.15) is 26.3 Å². The van der Waals surface area contributed by atoms with Crippen LogP contribution in [0.3, 0.4) is 0 Å². The number of fused-ring (bicyclic) bond motifs is 1. The molecule has 8 nitrogen and oxygen atoms in total. The molecule has 0 unspecified atom stereocenters. The Bertz CT molecular complexity index is 1190. The van der Waals surface area contributed by atoms with E-state index in [4.69, 9.17) is 4.74 Å². The first-order valence-corrected chi connectivity index (χ1v) is 12.2. The van der Waals surface area contributed by atoms with E-state index in [1.54, 1.807) is 69.7 Å². The van der Waals surface area contributed by atoms with Crippen molar-refractivity contribution in [1.82, 2.24) is 19.6 Å². The molecule has 0 saturated carbocycles. The quantitative estimate of drug-likeness (QED) is 0.470. The Hall–Kier alpha value is -2.56. The molecule has 0 radical (unpaired) electrons.